The second-order valence-corrected chi connectivity index (χ2v) is 6.02. The number of aromatic nitrogens is 1. The van der Waals surface area contributed by atoms with Crippen molar-refractivity contribution in [1.82, 2.24) is 10.3 Å². The van der Waals surface area contributed by atoms with Crippen molar-refractivity contribution in [1.29, 1.82) is 5.26 Å². The average Bonchev–Trinajstić information content (AvgIpc) is 3.08. The van der Waals surface area contributed by atoms with Gasteiger partial charge >= 0.3 is 6.03 Å². The van der Waals surface area contributed by atoms with Gasteiger partial charge in [0.05, 0.1) is 12.2 Å². The highest BCUT2D eigenvalue weighted by Gasteiger charge is 2.17. The van der Waals surface area contributed by atoms with E-state index in [9.17, 15) is 4.79 Å². The third kappa shape index (κ3) is 3.77. The summed E-state index contributed by atoms with van der Waals surface area (Å²) in [6.07, 6.45) is 1.44. The molecule has 0 aliphatic heterocycles. The van der Waals surface area contributed by atoms with Gasteiger partial charge < -0.3 is 5.32 Å². The van der Waals surface area contributed by atoms with Crippen molar-refractivity contribution < 1.29 is 4.79 Å². The molecule has 0 saturated heterocycles. The Kier molecular flexibility index (Phi) is 4.84. The van der Waals surface area contributed by atoms with Crippen LogP contribution in [0.1, 0.15) is 22.0 Å². The molecular weight excluding hydrogens is 320 g/mol. The molecule has 0 atom stereocenters. The van der Waals surface area contributed by atoms with Gasteiger partial charge in [0, 0.05) is 0 Å². The van der Waals surface area contributed by atoms with Crippen molar-refractivity contribution in [2.24, 2.45) is 0 Å². The normalized spacial score (nSPS) is 10.2. The predicted molar refractivity (Wildman–Crippen MR) is 93.7 cm³/mol. The molecule has 0 radical (unpaired) electrons. The lowest BCUT2D eigenvalue weighted by Crippen LogP contribution is -2.33. The van der Waals surface area contributed by atoms with E-state index in [-0.39, 0.29) is 12.1 Å². The first-order chi connectivity index (χ1) is 11.8. The SMILES string of the molecule is N#Cc1cnc(NC(=O)NC(c2ccccc2)c2ccccc2)s1. The number of nitriles is 1. The van der Waals surface area contributed by atoms with Crippen LogP contribution < -0.4 is 10.6 Å². The number of amides is 2. The summed E-state index contributed by atoms with van der Waals surface area (Å²) in [5.74, 6) is 0. The molecule has 0 aliphatic carbocycles. The van der Waals surface area contributed by atoms with E-state index in [2.05, 4.69) is 15.6 Å². The van der Waals surface area contributed by atoms with Crippen molar-refractivity contribution >= 4 is 22.5 Å². The molecule has 0 saturated carbocycles. The minimum atomic E-state index is -0.369. The molecule has 118 valence electrons. The number of hydrogen-bond acceptors (Lipinski definition) is 4. The van der Waals surface area contributed by atoms with Crippen LogP contribution in [0.25, 0.3) is 0 Å². The number of benzene rings is 2. The Morgan fingerprint density at radius 2 is 1.62 bits per heavy atom. The minimum absolute atomic E-state index is 0.275. The Bertz CT molecular complexity index is 816. The fraction of sp³-hybridized carbons (Fsp3) is 0.0556. The topological polar surface area (TPSA) is 77.8 Å². The van der Waals surface area contributed by atoms with Gasteiger partial charge in [-0.1, -0.05) is 72.0 Å². The van der Waals surface area contributed by atoms with Gasteiger partial charge in [0.1, 0.15) is 10.9 Å². The van der Waals surface area contributed by atoms with Crippen LogP contribution in [0.4, 0.5) is 9.93 Å². The van der Waals surface area contributed by atoms with Crippen LogP contribution in [0.5, 0.6) is 0 Å². The Balaban J connectivity index is 1.79. The first kappa shape index (κ1) is 15.7. The highest BCUT2D eigenvalue weighted by molar-refractivity contribution is 7.16. The largest absolute Gasteiger partial charge is 0.327 e. The molecule has 24 heavy (non-hydrogen) atoms. The van der Waals surface area contributed by atoms with Gasteiger partial charge in [-0.05, 0) is 11.1 Å². The van der Waals surface area contributed by atoms with E-state index in [4.69, 9.17) is 5.26 Å². The summed E-state index contributed by atoms with van der Waals surface area (Å²) in [6, 6.07) is 20.8. The Morgan fingerprint density at radius 1 is 1.04 bits per heavy atom. The van der Waals surface area contributed by atoms with Crippen molar-refractivity contribution in [2.45, 2.75) is 6.04 Å². The van der Waals surface area contributed by atoms with Crippen molar-refractivity contribution in [3.05, 3.63) is 82.9 Å². The average molecular weight is 334 g/mol. The van der Waals surface area contributed by atoms with Gasteiger partial charge in [-0.25, -0.2) is 9.78 Å². The van der Waals surface area contributed by atoms with Crippen molar-refractivity contribution in [2.75, 3.05) is 5.32 Å². The van der Waals surface area contributed by atoms with Gasteiger partial charge in [0.2, 0.25) is 0 Å². The number of anilines is 1. The zero-order chi connectivity index (χ0) is 16.8. The van der Waals surface area contributed by atoms with Gasteiger partial charge in [0.15, 0.2) is 5.13 Å². The van der Waals surface area contributed by atoms with Gasteiger partial charge in [-0.3, -0.25) is 5.32 Å². The maximum Gasteiger partial charge on any atom is 0.321 e. The lowest BCUT2D eigenvalue weighted by molar-refractivity contribution is 0.250. The quantitative estimate of drug-likeness (QED) is 0.759. The van der Waals surface area contributed by atoms with Crippen LogP contribution in [-0.2, 0) is 0 Å². The monoisotopic (exact) mass is 334 g/mol. The summed E-state index contributed by atoms with van der Waals surface area (Å²) in [5.41, 5.74) is 1.96. The van der Waals surface area contributed by atoms with E-state index in [1.807, 2.05) is 66.7 Å². The van der Waals surface area contributed by atoms with E-state index in [1.165, 1.54) is 6.20 Å². The molecule has 1 aromatic heterocycles. The third-order valence-electron chi connectivity index (χ3n) is 3.38. The molecule has 2 amide bonds. The Morgan fingerprint density at radius 3 is 2.12 bits per heavy atom. The molecule has 0 aliphatic rings. The maximum absolute atomic E-state index is 12.3. The van der Waals surface area contributed by atoms with E-state index >= 15 is 0 Å². The molecule has 0 spiro atoms. The number of carbonyl (C=O) groups is 1. The standard InChI is InChI=1S/C18H14N4OS/c19-11-15-12-20-18(24-15)22-17(23)21-16(13-7-3-1-4-8-13)14-9-5-2-6-10-14/h1-10,12,16H,(H2,20,21,22,23). The summed E-state index contributed by atoms with van der Waals surface area (Å²) in [7, 11) is 0. The van der Waals surface area contributed by atoms with Gasteiger partial charge in [-0.2, -0.15) is 5.26 Å². The number of urea groups is 1. The summed E-state index contributed by atoms with van der Waals surface area (Å²) < 4.78 is 0. The number of nitrogens with zero attached hydrogens (tertiary/aromatic N) is 2. The van der Waals surface area contributed by atoms with Crippen LogP contribution in [0.2, 0.25) is 0 Å². The summed E-state index contributed by atoms with van der Waals surface area (Å²) >= 11 is 1.14. The summed E-state index contributed by atoms with van der Waals surface area (Å²) in [4.78, 5) is 16.8. The van der Waals surface area contributed by atoms with E-state index in [0.29, 0.717) is 10.0 Å². The summed E-state index contributed by atoms with van der Waals surface area (Å²) in [6.45, 7) is 0. The highest BCUT2D eigenvalue weighted by Crippen LogP contribution is 2.22. The second-order valence-electron chi connectivity index (χ2n) is 4.99. The number of rotatable bonds is 4. The Labute approximate surface area is 143 Å². The first-order valence-electron chi connectivity index (χ1n) is 7.29. The molecule has 2 aromatic carbocycles. The Hall–Kier alpha value is -3.17. The number of carbonyl (C=O) groups excluding carboxylic acids is 1. The molecule has 2 N–H and O–H groups in total. The third-order valence-corrected chi connectivity index (χ3v) is 4.20. The van der Waals surface area contributed by atoms with Crippen LogP contribution in [0.3, 0.4) is 0 Å². The molecule has 6 heteroatoms. The fourth-order valence-corrected chi connectivity index (χ4v) is 2.91. The van der Waals surface area contributed by atoms with Gasteiger partial charge in [0.25, 0.3) is 0 Å². The second kappa shape index (κ2) is 7.40. The van der Waals surface area contributed by atoms with Crippen molar-refractivity contribution in [3.8, 4) is 6.07 Å². The van der Waals surface area contributed by atoms with E-state index < -0.39 is 0 Å². The lowest BCUT2D eigenvalue weighted by atomic mass is 9.99. The fourth-order valence-electron chi connectivity index (χ4n) is 2.30. The molecule has 3 aromatic rings. The summed E-state index contributed by atoms with van der Waals surface area (Å²) in [5, 5.41) is 14.8. The molecular formula is C18H14N4OS. The van der Waals surface area contributed by atoms with Crippen LogP contribution in [-0.4, -0.2) is 11.0 Å². The minimum Gasteiger partial charge on any atom is -0.327 e. The number of hydrogen-bond donors (Lipinski definition) is 2. The van der Waals surface area contributed by atoms with Gasteiger partial charge in [-0.15, -0.1) is 0 Å². The van der Waals surface area contributed by atoms with Crippen LogP contribution in [0.15, 0.2) is 66.9 Å². The molecule has 0 fully saturated rings. The number of thiazole rings is 1. The molecule has 1 heterocycles. The highest BCUT2D eigenvalue weighted by atomic mass is 32.1. The molecule has 0 bridgehead atoms. The maximum atomic E-state index is 12.3. The van der Waals surface area contributed by atoms with Crippen molar-refractivity contribution in [3.63, 3.8) is 0 Å². The first-order valence-corrected chi connectivity index (χ1v) is 8.11. The molecule has 0 unspecified atom stereocenters. The van der Waals surface area contributed by atoms with Crippen LogP contribution >= 0.6 is 11.3 Å². The van der Waals surface area contributed by atoms with Crippen LogP contribution in [0, 0.1) is 11.3 Å². The zero-order valence-electron chi connectivity index (χ0n) is 12.6. The molecule has 5 nitrogen and oxygen atoms in total. The number of nitrogens with one attached hydrogen (secondary N) is 2. The van der Waals surface area contributed by atoms with E-state index in [0.717, 1.165) is 22.5 Å². The molecule has 3 rings (SSSR count). The lowest BCUT2D eigenvalue weighted by Gasteiger charge is -2.19. The zero-order valence-corrected chi connectivity index (χ0v) is 13.5. The smallest absolute Gasteiger partial charge is 0.321 e. The van der Waals surface area contributed by atoms with E-state index in [1.54, 1.807) is 0 Å². The predicted octanol–water partition coefficient (Wildman–Crippen LogP) is 3.93.